The SMILES string of the molecule is Cc1cccc(C(=O)n2nc(Nc3cccnc3)nc2N)c1. The van der Waals surface area contributed by atoms with Crippen molar-refractivity contribution in [2.75, 3.05) is 11.1 Å². The first-order valence-corrected chi connectivity index (χ1v) is 6.64. The van der Waals surface area contributed by atoms with E-state index in [0.29, 0.717) is 11.3 Å². The van der Waals surface area contributed by atoms with Crippen LogP contribution in [0.15, 0.2) is 48.8 Å². The van der Waals surface area contributed by atoms with E-state index in [1.807, 2.05) is 25.1 Å². The van der Waals surface area contributed by atoms with Gasteiger partial charge in [0.25, 0.3) is 5.91 Å². The van der Waals surface area contributed by atoms with Gasteiger partial charge in [-0.3, -0.25) is 9.78 Å². The van der Waals surface area contributed by atoms with Gasteiger partial charge in [0.15, 0.2) is 0 Å². The number of carbonyl (C=O) groups is 1. The molecule has 1 aromatic carbocycles. The molecule has 0 saturated heterocycles. The molecule has 2 heterocycles. The minimum Gasteiger partial charge on any atom is -0.368 e. The molecular weight excluding hydrogens is 280 g/mol. The third kappa shape index (κ3) is 2.78. The molecule has 0 saturated carbocycles. The second-order valence-electron chi connectivity index (χ2n) is 4.75. The molecule has 0 unspecified atom stereocenters. The van der Waals surface area contributed by atoms with Crippen molar-refractivity contribution in [3.8, 4) is 0 Å². The van der Waals surface area contributed by atoms with Gasteiger partial charge in [0.1, 0.15) is 0 Å². The fourth-order valence-corrected chi connectivity index (χ4v) is 1.99. The van der Waals surface area contributed by atoms with Gasteiger partial charge in [-0.25, -0.2) is 0 Å². The lowest BCUT2D eigenvalue weighted by molar-refractivity contribution is 0.0948. The van der Waals surface area contributed by atoms with Gasteiger partial charge in [-0.2, -0.15) is 9.67 Å². The van der Waals surface area contributed by atoms with Crippen LogP contribution in [-0.4, -0.2) is 25.7 Å². The number of rotatable bonds is 3. The fraction of sp³-hybridized carbons (Fsp3) is 0.0667. The Morgan fingerprint density at radius 3 is 2.86 bits per heavy atom. The molecule has 22 heavy (non-hydrogen) atoms. The van der Waals surface area contributed by atoms with Crippen molar-refractivity contribution in [2.45, 2.75) is 6.92 Å². The van der Waals surface area contributed by atoms with E-state index in [2.05, 4.69) is 20.4 Å². The number of pyridine rings is 1. The Balaban J connectivity index is 1.88. The van der Waals surface area contributed by atoms with Crippen LogP contribution in [0.4, 0.5) is 17.6 Å². The molecule has 0 aliphatic carbocycles. The molecule has 3 N–H and O–H groups in total. The largest absolute Gasteiger partial charge is 0.368 e. The minimum atomic E-state index is -0.326. The van der Waals surface area contributed by atoms with Crippen molar-refractivity contribution in [3.63, 3.8) is 0 Å². The van der Waals surface area contributed by atoms with Gasteiger partial charge >= 0.3 is 0 Å². The topological polar surface area (TPSA) is 98.7 Å². The van der Waals surface area contributed by atoms with Crippen LogP contribution in [0.3, 0.4) is 0 Å². The Labute approximate surface area is 126 Å². The van der Waals surface area contributed by atoms with Crippen LogP contribution in [0.2, 0.25) is 0 Å². The lowest BCUT2D eigenvalue weighted by atomic mass is 10.1. The molecule has 110 valence electrons. The van der Waals surface area contributed by atoms with E-state index < -0.39 is 0 Å². The summed E-state index contributed by atoms with van der Waals surface area (Å²) in [6.45, 7) is 1.91. The van der Waals surface area contributed by atoms with Crippen LogP contribution in [0, 0.1) is 6.92 Å². The zero-order chi connectivity index (χ0) is 15.5. The lowest BCUT2D eigenvalue weighted by Crippen LogP contribution is -2.16. The van der Waals surface area contributed by atoms with Gasteiger partial charge in [0.2, 0.25) is 11.9 Å². The number of hydrogen-bond acceptors (Lipinski definition) is 6. The monoisotopic (exact) mass is 294 g/mol. The Morgan fingerprint density at radius 1 is 1.27 bits per heavy atom. The van der Waals surface area contributed by atoms with Gasteiger partial charge in [-0.05, 0) is 31.2 Å². The van der Waals surface area contributed by atoms with E-state index in [4.69, 9.17) is 5.73 Å². The van der Waals surface area contributed by atoms with E-state index in [1.165, 1.54) is 0 Å². The number of carbonyl (C=O) groups excluding carboxylic acids is 1. The summed E-state index contributed by atoms with van der Waals surface area (Å²) in [4.78, 5) is 20.4. The van der Waals surface area contributed by atoms with Gasteiger partial charge in [0.05, 0.1) is 11.9 Å². The molecule has 3 rings (SSSR count). The number of aromatic nitrogens is 4. The van der Waals surface area contributed by atoms with Gasteiger partial charge in [-0.1, -0.05) is 17.7 Å². The predicted octanol–water partition coefficient (Wildman–Crippen LogP) is 2.00. The number of nitrogens with zero attached hydrogens (tertiary/aromatic N) is 4. The minimum absolute atomic E-state index is 0.0258. The van der Waals surface area contributed by atoms with Crippen LogP contribution in [-0.2, 0) is 0 Å². The smallest absolute Gasteiger partial charge is 0.281 e. The third-order valence-corrected chi connectivity index (χ3v) is 3.01. The summed E-state index contributed by atoms with van der Waals surface area (Å²) in [5, 5.41) is 7.05. The quantitative estimate of drug-likeness (QED) is 0.766. The zero-order valence-corrected chi connectivity index (χ0v) is 11.9. The number of nitrogens with two attached hydrogens (primary N) is 1. The molecule has 3 aromatic rings. The Morgan fingerprint density at radius 2 is 2.14 bits per heavy atom. The highest BCUT2D eigenvalue weighted by molar-refractivity contribution is 5.97. The molecule has 7 nitrogen and oxygen atoms in total. The summed E-state index contributed by atoms with van der Waals surface area (Å²) < 4.78 is 1.08. The normalized spacial score (nSPS) is 10.4. The fourth-order valence-electron chi connectivity index (χ4n) is 1.99. The van der Waals surface area contributed by atoms with E-state index >= 15 is 0 Å². The van der Waals surface area contributed by atoms with Crippen LogP contribution < -0.4 is 11.1 Å². The molecule has 0 bridgehead atoms. The molecule has 0 amide bonds. The summed E-state index contributed by atoms with van der Waals surface area (Å²) in [6.07, 6.45) is 3.28. The number of nitrogen functional groups attached to an aromatic ring is 1. The highest BCUT2D eigenvalue weighted by atomic mass is 16.2. The maximum absolute atomic E-state index is 12.4. The van der Waals surface area contributed by atoms with Crippen molar-refractivity contribution < 1.29 is 4.79 Å². The molecule has 2 aromatic heterocycles. The van der Waals surface area contributed by atoms with E-state index in [-0.39, 0.29) is 17.8 Å². The zero-order valence-electron chi connectivity index (χ0n) is 11.9. The molecule has 0 spiro atoms. The average Bonchev–Trinajstić information content (AvgIpc) is 2.88. The van der Waals surface area contributed by atoms with Crippen LogP contribution in [0.1, 0.15) is 15.9 Å². The van der Waals surface area contributed by atoms with Crippen molar-refractivity contribution in [1.29, 1.82) is 0 Å². The molecule has 0 fully saturated rings. The standard InChI is InChI=1S/C15H14N6O/c1-10-4-2-5-11(8-10)13(22)21-14(16)19-15(20-21)18-12-6-3-7-17-9-12/h2-9H,1H3,(H3,16,18,19,20). The molecule has 0 aliphatic heterocycles. The van der Waals surface area contributed by atoms with Crippen LogP contribution >= 0.6 is 0 Å². The number of nitrogens with one attached hydrogen (secondary N) is 1. The van der Waals surface area contributed by atoms with Gasteiger partial charge < -0.3 is 11.1 Å². The number of benzene rings is 1. The second kappa shape index (κ2) is 5.65. The first-order chi connectivity index (χ1) is 10.6. The van der Waals surface area contributed by atoms with E-state index in [0.717, 1.165) is 10.2 Å². The number of hydrogen-bond donors (Lipinski definition) is 2. The number of anilines is 3. The van der Waals surface area contributed by atoms with Gasteiger partial charge in [0, 0.05) is 11.8 Å². The van der Waals surface area contributed by atoms with E-state index in [9.17, 15) is 4.79 Å². The average molecular weight is 294 g/mol. The summed E-state index contributed by atoms with van der Waals surface area (Å²) in [6, 6.07) is 10.8. The lowest BCUT2D eigenvalue weighted by Gasteiger charge is -2.02. The summed E-state index contributed by atoms with van der Waals surface area (Å²) in [5.41, 5.74) is 7.98. The van der Waals surface area contributed by atoms with Gasteiger partial charge in [-0.15, -0.1) is 5.10 Å². The molecule has 0 aliphatic rings. The summed E-state index contributed by atoms with van der Waals surface area (Å²) >= 11 is 0. The van der Waals surface area contributed by atoms with Crippen molar-refractivity contribution in [3.05, 3.63) is 59.9 Å². The molecule has 0 radical (unpaired) electrons. The van der Waals surface area contributed by atoms with Crippen molar-refractivity contribution in [2.24, 2.45) is 0 Å². The van der Waals surface area contributed by atoms with Crippen molar-refractivity contribution >= 4 is 23.5 Å². The Bertz CT molecular complexity index is 812. The summed E-state index contributed by atoms with van der Waals surface area (Å²) in [7, 11) is 0. The maximum atomic E-state index is 12.4. The van der Waals surface area contributed by atoms with E-state index in [1.54, 1.807) is 30.6 Å². The first-order valence-electron chi connectivity index (χ1n) is 6.64. The number of aryl methyl sites for hydroxylation is 1. The summed E-state index contributed by atoms with van der Waals surface area (Å²) in [5.74, 6) is -0.0580. The molecule has 0 atom stereocenters. The predicted molar refractivity (Wildman–Crippen MR) is 82.9 cm³/mol. The van der Waals surface area contributed by atoms with Crippen LogP contribution in [0.25, 0.3) is 0 Å². The highest BCUT2D eigenvalue weighted by Crippen LogP contribution is 2.14. The molecular formula is C15H14N6O. The Kier molecular flexibility index (Phi) is 3.53. The van der Waals surface area contributed by atoms with Crippen LogP contribution in [0.5, 0.6) is 0 Å². The Hall–Kier alpha value is -3.22. The third-order valence-electron chi connectivity index (χ3n) is 3.01. The maximum Gasteiger partial charge on any atom is 0.281 e. The van der Waals surface area contributed by atoms with Crippen molar-refractivity contribution in [1.82, 2.24) is 19.7 Å². The first kappa shape index (κ1) is 13.7. The second-order valence-corrected chi connectivity index (χ2v) is 4.75. The molecule has 7 heteroatoms. The highest BCUT2D eigenvalue weighted by Gasteiger charge is 2.16.